The van der Waals surface area contributed by atoms with Crippen LogP contribution in [0.25, 0.3) is 0 Å². The molecular formula is C13H19ClN4S. The van der Waals surface area contributed by atoms with Gasteiger partial charge in [-0.05, 0) is 25.0 Å². The maximum absolute atomic E-state index is 6.27. The van der Waals surface area contributed by atoms with Crippen molar-refractivity contribution >= 4 is 22.9 Å². The molecule has 0 bridgehead atoms. The van der Waals surface area contributed by atoms with Gasteiger partial charge in [-0.15, -0.1) is 11.3 Å². The minimum atomic E-state index is -0.105. The lowest BCUT2D eigenvalue weighted by molar-refractivity contribution is 0.524. The monoisotopic (exact) mass is 298 g/mol. The molecule has 0 aliphatic carbocycles. The topological polar surface area (TPSA) is 55.9 Å². The van der Waals surface area contributed by atoms with Crippen LogP contribution in [0.15, 0.2) is 18.3 Å². The zero-order valence-corrected chi connectivity index (χ0v) is 12.8. The van der Waals surface area contributed by atoms with Gasteiger partial charge in [-0.3, -0.25) is 10.5 Å². The molecule has 3 N–H and O–H groups in total. The van der Waals surface area contributed by atoms with Crippen LogP contribution in [0.2, 0.25) is 5.02 Å². The maximum atomic E-state index is 6.27. The fraction of sp³-hybridized carbons (Fsp3) is 0.462. The van der Waals surface area contributed by atoms with Crippen LogP contribution in [-0.4, -0.2) is 9.78 Å². The average molecular weight is 299 g/mol. The van der Waals surface area contributed by atoms with E-state index in [-0.39, 0.29) is 6.04 Å². The quantitative estimate of drug-likeness (QED) is 0.636. The lowest BCUT2D eigenvalue weighted by Gasteiger charge is -2.17. The number of nitrogens with two attached hydrogens (primary N) is 1. The van der Waals surface area contributed by atoms with E-state index in [0.29, 0.717) is 5.02 Å². The number of hydrazine groups is 1. The third kappa shape index (κ3) is 3.00. The number of thiophene rings is 1. The molecule has 1 unspecified atom stereocenters. The van der Waals surface area contributed by atoms with Crippen molar-refractivity contribution in [3.63, 3.8) is 0 Å². The molecule has 0 amide bonds. The summed E-state index contributed by atoms with van der Waals surface area (Å²) in [6.45, 7) is 5.10. The Kier molecular flexibility index (Phi) is 4.99. The molecule has 6 heteroatoms. The number of nitrogens with one attached hydrogen (secondary N) is 1. The van der Waals surface area contributed by atoms with Crippen molar-refractivity contribution in [1.82, 2.24) is 15.2 Å². The van der Waals surface area contributed by atoms with E-state index in [2.05, 4.69) is 36.5 Å². The minimum absolute atomic E-state index is 0.105. The van der Waals surface area contributed by atoms with E-state index < -0.39 is 0 Å². The van der Waals surface area contributed by atoms with Gasteiger partial charge in [-0.2, -0.15) is 5.10 Å². The molecule has 0 saturated carbocycles. The van der Waals surface area contributed by atoms with Crippen LogP contribution in [0.1, 0.15) is 41.8 Å². The van der Waals surface area contributed by atoms with E-state index in [0.717, 1.165) is 25.1 Å². The first-order valence-electron chi connectivity index (χ1n) is 6.47. The van der Waals surface area contributed by atoms with Gasteiger partial charge < -0.3 is 0 Å². The van der Waals surface area contributed by atoms with E-state index in [1.54, 1.807) is 17.5 Å². The van der Waals surface area contributed by atoms with Crippen LogP contribution < -0.4 is 11.3 Å². The molecule has 2 aromatic rings. The standard InChI is InChI=1S/C13H19ClN4S/c1-3-7-18-13(10(14)8-16-18)12(17-15)11-6-5-9(4-2)19-11/h5-6,8,12,17H,3-4,7,15H2,1-2H3. The summed E-state index contributed by atoms with van der Waals surface area (Å²) >= 11 is 8.03. The first kappa shape index (κ1) is 14.5. The number of aryl methyl sites for hydroxylation is 2. The molecule has 104 valence electrons. The number of hydrogen-bond donors (Lipinski definition) is 2. The van der Waals surface area contributed by atoms with Crippen LogP contribution in [0.4, 0.5) is 0 Å². The molecule has 2 aromatic heterocycles. The van der Waals surface area contributed by atoms with Crippen molar-refractivity contribution in [2.24, 2.45) is 5.84 Å². The van der Waals surface area contributed by atoms with Gasteiger partial charge in [-0.25, -0.2) is 5.43 Å². The van der Waals surface area contributed by atoms with Gasteiger partial charge in [0.05, 0.1) is 23.0 Å². The summed E-state index contributed by atoms with van der Waals surface area (Å²) in [4.78, 5) is 2.51. The van der Waals surface area contributed by atoms with Crippen LogP contribution >= 0.6 is 22.9 Å². The summed E-state index contributed by atoms with van der Waals surface area (Å²) in [5, 5.41) is 4.98. The summed E-state index contributed by atoms with van der Waals surface area (Å²) in [7, 11) is 0. The highest BCUT2D eigenvalue weighted by Gasteiger charge is 2.22. The lowest BCUT2D eigenvalue weighted by atomic mass is 10.1. The van der Waals surface area contributed by atoms with Gasteiger partial charge in [0.25, 0.3) is 0 Å². The fourth-order valence-electron chi connectivity index (χ4n) is 2.08. The third-order valence-electron chi connectivity index (χ3n) is 3.02. The van der Waals surface area contributed by atoms with Gasteiger partial charge in [-0.1, -0.05) is 25.4 Å². The highest BCUT2D eigenvalue weighted by molar-refractivity contribution is 7.12. The van der Waals surface area contributed by atoms with E-state index in [9.17, 15) is 0 Å². The lowest BCUT2D eigenvalue weighted by Crippen LogP contribution is -2.30. The Morgan fingerprint density at radius 1 is 1.47 bits per heavy atom. The molecule has 0 aliphatic heterocycles. The number of rotatable bonds is 6. The molecule has 0 spiro atoms. The first-order chi connectivity index (χ1) is 9.21. The third-order valence-corrected chi connectivity index (χ3v) is 4.61. The van der Waals surface area contributed by atoms with Gasteiger partial charge in [0.15, 0.2) is 0 Å². The number of aromatic nitrogens is 2. The Bertz CT molecular complexity index is 534. The van der Waals surface area contributed by atoms with E-state index >= 15 is 0 Å². The predicted octanol–water partition coefficient (Wildman–Crippen LogP) is 3.12. The Balaban J connectivity index is 2.38. The van der Waals surface area contributed by atoms with Crippen molar-refractivity contribution < 1.29 is 0 Å². The summed E-state index contributed by atoms with van der Waals surface area (Å²) in [5.74, 6) is 5.74. The number of halogens is 1. The predicted molar refractivity (Wildman–Crippen MR) is 80.4 cm³/mol. The van der Waals surface area contributed by atoms with Crippen molar-refractivity contribution in [3.8, 4) is 0 Å². The molecule has 0 saturated heterocycles. The first-order valence-corrected chi connectivity index (χ1v) is 7.66. The molecular weight excluding hydrogens is 280 g/mol. The summed E-state index contributed by atoms with van der Waals surface area (Å²) in [6.07, 6.45) is 3.72. The Labute approximate surface area is 122 Å². The summed E-state index contributed by atoms with van der Waals surface area (Å²) < 4.78 is 1.93. The number of hydrogen-bond acceptors (Lipinski definition) is 4. The molecule has 0 aliphatic rings. The minimum Gasteiger partial charge on any atom is -0.270 e. The summed E-state index contributed by atoms with van der Waals surface area (Å²) in [6, 6.07) is 4.14. The molecule has 2 heterocycles. The number of nitrogens with zero attached hydrogens (tertiary/aromatic N) is 2. The Hall–Kier alpha value is -0.880. The van der Waals surface area contributed by atoms with E-state index in [1.807, 2.05) is 4.68 Å². The second-order valence-electron chi connectivity index (χ2n) is 4.36. The van der Waals surface area contributed by atoms with E-state index in [1.165, 1.54) is 9.75 Å². The molecule has 1 atom stereocenters. The highest BCUT2D eigenvalue weighted by Crippen LogP contribution is 2.32. The van der Waals surface area contributed by atoms with Crippen molar-refractivity contribution in [1.29, 1.82) is 0 Å². The molecule has 0 fully saturated rings. The van der Waals surface area contributed by atoms with Gasteiger partial charge >= 0.3 is 0 Å². The van der Waals surface area contributed by atoms with Crippen molar-refractivity contribution in [2.75, 3.05) is 0 Å². The highest BCUT2D eigenvalue weighted by atomic mass is 35.5. The molecule has 19 heavy (non-hydrogen) atoms. The van der Waals surface area contributed by atoms with E-state index in [4.69, 9.17) is 17.4 Å². The Morgan fingerprint density at radius 3 is 2.84 bits per heavy atom. The molecule has 0 radical (unpaired) electrons. The fourth-order valence-corrected chi connectivity index (χ4v) is 3.35. The van der Waals surface area contributed by atoms with Gasteiger partial charge in [0, 0.05) is 16.3 Å². The van der Waals surface area contributed by atoms with Crippen molar-refractivity contribution in [3.05, 3.63) is 38.8 Å². The van der Waals surface area contributed by atoms with Gasteiger partial charge in [0.1, 0.15) is 0 Å². The smallest absolute Gasteiger partial charge is 0.0985 e. The van der Waals surface area contributed by atoms with Gasteiger partial charge in [0.2, 0.25) is 0 Å². The summed E-state index contributed by atoms with van der Waals surface area (Å²) in [5.41, 5.74) is 3.80. The normalized spacial score (nSPS) is 12.8. The SMILES string of the molecule is CCCn1ncc(Cl)c1C(NN)c1ccc(CC)s1. The zero-order valence-electron chi connectivity index (χ0n) is 11.2. The van der Waals surface area contributed by atoms with Crippen LogP contribution in [0, 0.1) is 0 Å². The van der Waals surface area contributed by atoms with Crippen LogP contribution in [-0.2, 0) is 13.0 Å². The van der Waals surface area contributed by atoms with Crippen LogP contribution in [0.5, 0.6) is 0 Å². The molecule has 0 aromatic carbocycles. The second kappa shape index (κ2) is 6.52. The van der Waals surface area contributed by atoms with Crippen molar-refractivity contribution in [2.45, 2.75) is 39.3 Å². The molecule has 4 nitrogen and oxygen atoms in total. The maximum Gasteiger partial charge on any atom is 0.0985 e. The largest absolute Gasteiger partial charge is 0.270 e. The zero-order chi connectivity index (χ0) is 13.8. The second-order valence-corrected chi connectivity index (χ2v) is 5.97. The average Bonchev–Trinajstić information content (AvgIpc) is 3.01. The molecule has 2 rings (SSSR count). The Morgan fingerprint density at radius 2 is 2.26 bits per heavy atom. The van der Waals surface area contributed by atoms with Crippen LogP contribution in [0.3, 0.4) is 0 Å².